The molecule has 1 heterocycles. The van der Waals surface area contributed by atoms with Crippen molar-refractivity contribution in [2.24, 2.45) is 11.3 Å². The molecule has 0 aromatic carbocycles. The molecule has 70 valence electrons. The van der Waals surface area contributed by atoms with Gasteiger partial charge in [-0.1, -0.05) is 13.8 Å². The Labute approximate surface area is 87.4 Å². The van der Waals surface area contributed by atoms with Crippen LogP contribution in [0, 0.1) is 11.3 Å². The van der Waals surface area contributed by atoms with E-state index in [0.29, 0.717) is 5.92 Å². The quantitative estimate of drug-likeness (QED) is 0.606. The van der Waals surface area contributed by atoms with Gasteiger partial charge in [0.2, 0.25) is 5.91 Å². The topological polar surface area (TPSA) is 32.3 Å². The van der Waals surface area contributed by atoms with Crippen LogP contribution in [0.3, 0.4) is 0 Å². The molecule has 3 nitrogen and oxygen atoms in total. The Kier molecular flexibility index (Phi) is 2.98. The van der Waals surface area contributed by atoms with E-state index >= 15 is 0 Å². The zero-order valence-corrected chi connectivity index (χ0v) is 9.88. The van der Waals surface area contributed by atoms with Gasteiger partial charge >= 0.3 is 0 Å². The van der Waals surface area contributed by atoms with E-state index in [-0.39, 0.29) is 11.3 Å². The van der Waals surface area contributed by atoms with Gasteiger partial charge < -0.3 is 5.32 Å². The van der Waals surface area contributed by atoms with Gasteiger partial charge in [0.05, 0.1) is 5.41 Å². The van der Waals surface area contributed by atoms with Crippen LogP contribution in [0.5, 0.6) is 0 Å². The van der Waals surface area contributed by atoms with Crippen LogP contribution in [0.15, 0.2) is 0 Å². The molecule has 0 bridgehead atoms. The predicted octanol–water partition coefficient (Wildman–Crippen LogP) is 1.04. The van der Waals surface area contributed by atoms with Gasteiger partial charge in [-0.2, -0.15) is 0 Å². The number of rotatable bonds is 2. The second kappa shape index (κ2) is 3.49. The Morgan fingerprint density at radius 2 is 2.08 bits per heavy atom. The van der Waals surface area contributed by atoms with Crippen LogP contribution < -0.4 is 5.32 Å². The van der Waals surface area contributed by atoms with Crippen molar-refractivity contribution in [3.63, 3.8) is 0 Å². The Hall–Kier alpha value is 0.160. The minimum absolute atomic E-state index is 0.129. The van der Waals surface area contributed by atoms with Crippen LogP contribution >= 0.6 is 22.9 Å². The van der Waals surface area contributed by atoms with Crippen LogP contribution in [0.1, 0.15) is 13.8 Å². The summed E-state index contributed by atoms with van der Waals surface area (Å²) in [6, 6.07) is 0. The molecule has 1 N–H and O–H groups in total. The second-order valence-corrected chi connectivity index (χ2v) is 5.03. The summed E-state index contributed by atoms with van der Waals surface area (Å²) in [5, 5.41) is 2.74. The van der Waals surface area contributed by atoms with Crippen molar-refractivity contribution < 1.29 is 4.79 Å². The smallest absolute Gasteiger partial charge is 0.228 e. The van der Waals surface area contributed by atoms with Crippen molar-refractivity contribution in [1.29, 1.82) is 0 Å². The maximum absolute atomic E-state index is 11.6. The summed E-state index contributed by atoms with van der Waals surface area (Å²) in [6.07, 6.45) is 0. The number of hydrogen-bond acceptors (Lipinski definition) is 2. The molecule has 1 aliphatic rings. The molecule has 1 fully saturated rings. The fraction of sp³-hybridized carbons (Fsp3) is 0.875. The van der Waals surface area contributed by atoms with E-state index in [2.05, 4.69) is 45.1 Å². The Balaban J connectivity index is 2.69. The monoisotopic (exact) mass is 282 g/mol. The first-order chi connectivity index (χ1) is 5.53. The van der Waals surface area contributed by atoms with Crippen LogP contribution in [-0.4, -0.2) is 29.2 Å². The van der Waals surface area contributed by atoms with Gasteiger partial charge in [-0.3, -0.25) is 4.79 Å². The molecule has 1 saturated heterocycles. The maximum atomic E-state index is 11.6. The highest BCUT2D eigenvalue weighted by molar-refractivity contribution is 14.1. The van der Waals surface area contributed by atoms with Crippen molar-refractivity contribution >= 4 is 28.8 Å². The van der Waals surface area contributed by atoms with Gasteiger partial charge in [-0.05, 0) is 5.92 Å². The highest BCUT2D eigenvalue weighted by atomic mass is 127. The number of hydrogen-bond donors (Lipinski definition) is 1. The summed E-state index contributed by atoms with van der Waals surface area (Å²) in [6.45, 7) is 5.98. The Bertz CT molecular complexity index is 187. The minimum atomic E-state index is -0.129. The Morgan fingerprint density at radius 1 is 1.58 bits per heavy atom. The van der Waals surface area contributed by atoms with Crippen LogP contribution in [0.2, 0.25) is 0 Å². The number of carbonyl (C=O) groups is 1. The van der Waals surface area contributed by atoms with Crippen LogP contribution in [-0.2, 0) is 4.79 Å². The second-order valence-electron chi connectivity index (χ2n) is 3.67. The first-order valence-corrected chi connectivity index (χ1v) is 5.12. The largest absolute Gasteiger partial charge is 0.359 e. The molecule has 4 heteroatoms. The number of amides is 1. The van der Waals surface area contributed by atoms with E-state index in [4.69, 9.17) is 0 Å². The molecule has 1 aliphatic heterocycles. The highest BCUT2D eigenvalue weighted by Crippen LogP contribution is 2.39. The fourth-order valence-electron chi connectivity index (χ4n) is 1.59. The van der Waals surface area contributed by atoms with E-state index in [1.807, 2.05) is 0 Å². The summed E-state index contributed by atoms with van der Waals surface area (Å²) in [4.78, 5) is 11.6. The molecule has 0 spiro atoms. The standard InChI is InChI=1S/C8H15IN2O/c1-6(2)8(7(12)10-3)4-11(9)5-8/h6H,4-5H2,1-3H3,(H,10,12). The molecule has 1 rings (SSSR count). The third kappa shape index (κ3) is 1.46. The summed E-state index contributed by atoms with van der Waals surface area (Å²) in [5.74, 6) is 0.605. The van der Waals surface area contributed by atoms with Crippen LogP contribution in [0.25, 0.3) is 0 Å². The SMILES string of the molecule is CNC(=O)C1(C(C)C)CN(I)C1. The average Bonchev–Trinajstić information content (AvgIpc) is 1.96. The summed E-state index contributed by atoms with van der Waals surface area (Å²) in [5.41, 5.74) is -0.129. The van der Waals surface area contributed by atoms with Gasteiger partial charge in [0.15, 0.2) is 0 Å². The molecule has 0 saturated carbocycles. The number of nitrogens with one attached hydrogen (secondary N) is 1. The first kappa shape index (κ1) is 10.2. The average molecular weight is 282 g/mol. The molecule has 0 aromatic heterocycles. The van der Waals surface area contributed by atoms with E-state index in [1.165, 1.54) is 0 Å². The normalized spacial score (nSPS) is 22.1. The van der Waals surface area contributed by atoms with E-state index < -0.39 is 0 Å². The summed E-state index contributed by atoms with van der Waals surface area (Å²) in [7, 11) is 1.71. The molecule has 0 unspecified atom stereocenters. The van der Waals surface area contributed by atoms with E-state index in [9.17, 15) is 4.79 Å². The lowest BCUT2D eigenvalue weighted by Crippen LogP contribution is -2.62. The zero-order chi connectivity index (χ0) is 9.35. The van der Waals surface area contributed by atoms with E-state index in [0.717, 1.165) is 13.1 Å². The molecule has 0 atom stereocenters. The van der Waals surface area contributed by atoms with Gasteiger partial charge in [0.1, 0.15) is 0 Å². The van der Waals surface area contributed by atoms with Gasteiger partial charge in [-0.15, -0.1) is 0 Å². The third-order valence-corrected chi connectivity index (χ3v) is 3.37. The lowest BCUT2D eigenvalue weighted by Gasteiger charge is -2.48. The third-order valence-electron chi connectivity index (χ3n) is 2.69. The molecule has 0 aliphatic carbocycles. The van der Waals surface area contributed by atoms with Gasteiger partial charge in [0.25, 0.3) is 0 Å². The lowest BCUT2D eigenvalue weighted by molar-refractivity contribution is -0.140. The molecule has 12 heavy (non-hydrogen) atoms. The maximum Gasteiger partial charge on any atom is 0.228 e. The predicted molar refractivity (Wildman–Crippen MR) is 56.9 cm³/mol. The van der Waals surface area contributed by atoms with Crippen molar-refractivity contribution in [3.05, 3.63) is 0 Å². The van der Waals surface area contributed by atoms with Crippen LogP contribution in [0.4, 0.5) is 0 Å². The van der Waals surface area contributed by atoms with Crippen molar-refractivity contribution in [2.45, 2.75) is 13.8 Å². The first-order valence-electron chi connectivity index (χ1n) is 4.16. The summed E-state index contributed by atoms with van der Waals surface area (Å²) < 4.78 is 2.15. The minimum Gasteiger partial charge on any atom is -0.359 e. The Morgan fingerprint density at radius 3 is 2.33 bits per heavy atom. The van der Waals surface area contributed by atoms with E-state index in [1.54, 1.807) is 7.05 Å². The van der Waals surface area contributed by atoms with Crippen molar-refractivity contribution in [3.8, 4) is 0 Å². The number of nitrogens with zero attached hydrogens (tertiary/aromatic N) is 1. The fourth-order valence-corrected chi connectivity index (χ4v) is 2.80. The highest BCUT2D eigenvalue weighted by Gasteiger charge is 2.50. The van der Waals surface area contributed by atoms with Gasteiger partial charge in [-0.25, -0.2) is 3.11 Å². The molecule has 0 aromatic rings. The zero-order valence-electron chi connectivity index (χ0n) is 7.72. The lowest BCUT2D eigenvalue weighted by atomic mass is 9.71. The summed E-state index contributed by atoms with van der Waals surface area (Å²) >= 11 is 2.25. The van der Waals surface area contributed by atoms with Gasteiger partial charge in [0, 0.05) is 43.0 Å². The molecule has 1 amide bonds. The number of halogens is 1. The molecular weight excluding hydrogens is 267 g/mol. The number of carbonyl (C=O) groups excluding carboxylic acids is 1. The van der Waals surface area contributed by atoms with Crippen molar-refractivity contribution in [1.82, 2.24) is 8.43 Å². The molecule has 0 radical (unpaired) electrons. The molecular formula is C8H15IN2O. The van der Waals surface area contributed by atoms with Crippen molar-refractivity contribution in [2.75, 3.05) is 20.1 Å².